The third kappa shape index (κ3) is 5.27. The Kier molecular flexibility index (Phi) is 4.41. The highest BCUT2D eigenvalue weighted by molar-refractivity contribution is 7.88. The summed E-state index contributed by atoms with van der Waals surface area (Å²) >= 11 is 0. The molecule has 94 valence electrons. The van der Waals surface area contributed by atoms with Crippen LogP contribution in [0.25, 0.3) is 0 Å². The van der Waals surface area contributed by atoms with Gasteiger partial charge >= 0.3 is 16.3 Å². The Bertz CT molecular complexity index is 474. The van der Waals surface area contributed by atoms with Crippen LogP contribution < -0.4 is 9.44 Å². The molecule has 8 heteroatoms. The monoisotopic (exact) mass is 259 g/mol. The molecule has 1 heterocycles. The number of carbonyl (C=O) groups is 1. The first-order valence-electron chi connectivity index (χ1n) is 4.82. The second-order valence-electron chi connectivity index (χ2n) is 3.45. The van der Waals surface area contributed by atoms with E-state index in [9.17, 15) is 13.2 Å². The van der Waals surface area contributed by atoms with Gasteiger partial charge in [0.1, 0.15) is 0 Å². The van der Waals surface area contributed by atoms with Crippen molar-refractivity contribution in [3.8, 4) is 0 Å². The van der Waals surface area contributed by atoms with E-state index < -0.39 is 22.3 Å². The fourth-order valence-electron chi connectivity index (χ4n) is 1.28. The molecular weight excluding hydrogens is 246 g/mol. The Morgan fingerprint density at radius 3 is 2.76 bits per heavy atom. The fraction of sp³-hybridized carbons (Fsp3) is 0.333. The fourth-order valence-corrected chi connectivity index (χ4v) is 2.19. The standard InChI is InChI=1S/C9H13N3O4S/c1-7(6-8-4-2-3-5-10-8)11-17(15,16)12-9(13)14/h2-5,7,11-12H,6H2,1H3,(H,13,14). The van der Waals surface area contributed by atoms with Crippen LogP contribution in [-0.4, -0.2) is 30.6 Å². The van der Waals surface area contributed by atoms with Gasteiger partial charge in [0.2, 0.25) is 0 Å². The average Bonchev–Trinajstić information content (AvgIpc) is 2.15. The van der Waals surface area contributed by atoms with Crippen molar-refractivity contribution in [3.63, 3.8) is 0 Å². The normalized spacial score (nSPS) is 13.0. The lowest BCUT2D eigenvalue weighted by Crippen LogP contribution is -2.44. The maximum absolute atomic E-state index is 11.2. The summed E-state index contributed by atoms with van der Waals surface area (Å²) in [4.78, 5) is 14.3. The zero-order valence-corrected chi connectivity index (χ0v) is 9.94. The number of amides is 1. The van der Waals surface area contributed by atoms with Crippen LogP contribution in [-0.2, 0) is 16.6 Å². The maximum atomic E-state index is 11.2. The molecule has 17 heavy (non-hydrogen) atoms. The van der Waals surface area contributed by atoms with E-state index in [1.165, 1.54) is 4.72 Å². The van der Waals surface area contributed by atoms with Crippen molar-refractivity contribution in [2.45, 2.75) is 19.4 Å². The van der Waals surface area contributed by atoms with Crippen molar-refractivity contribution in [2.24, 2.45) is 0 Å². The maximum Gasteiger partial charge on any atom is 0.419 e. The predicted molar refractivity (Wildman–Crippen MR) is 60.6 cm³/mol. The molecule has 0 saturated carbocycles. The van der Waals surface area contributed by atoms with Crippen molar-refractivity contribution in [1.82, 2.24) is 14.4 Å². The zero-order chi connectivity index (χ0) is 12.9. The molecule has 0 saturated heterocycles. The van der Waals surface area contributed by atoms with E-state index in [4.69, 9.17) is 5.11 Å². The molecule has 0 spiro atoms. The number of nitrogens with one attached hydrogen (secondary N) is 2. The van der Waals surface area contributed by atoms with E-state index in [-0.39, 0.29) is 0 Å². The highest BCUT2D eigenvalue weighted by Gasteiger charge is 2.16. The molecule has 0 bridgehead atoms. The van der Waals surface area contributed by atoms with E-state index in [0.29, 0.717) is 6.42 Å². The number of pyridine rings is 1. The van der Waals surface area contributed by atoms with Crippen molar-refractivity contribution < 1.29 is 18.3 Å². The van der Waals surface area contributed by atoms with Gasteiger partial charge < -0.3 is 5.11 Å². The molecule has 0 fully saturated rings. The summed E-state index contributed by atoms with van der Waals surface area (Å²) in [5.41, 5.74) is 0.720. The SMILES string of the molecule is CC(Cc1ccccn1)NS(=O)(=O)NC(=O)O. The lowest BCUT2D eigenvalue weighted by atomic mass is 10.2. The summed E-state index contributed by atoms with van der Waals surface area (Å²) in [6.07, 6.45) is 0.357. The van der Waals surface area contributed by atoms with Gasteiger partial charge in [-0.05, 0) is 19.1 Å². The molecule has 1 amide bonds. The number of hydrogen-bond donors (Lipinski definition) is 3. The van der Waals surface area contributed by atoms with Crippen molar-refractivity contribution in [3.05, 3.63) is 30.1 Å². The van der Waals surface area contributed by atoms with Crippen LogP contribution in [0, 0.1) is 0 Å². The first-order chi connectivity index (χ1) is 7.89. The number of nitrogens with zero attached hydrogens (tertiary/aromatic N) is 1. The molecule has 0 radical (unpaired) electrons. The van der Waals surface area contributed by atoms with Crippen LogP contribution >= 0.6 is 0 Å². The lowest BCUT2D eigenvalue weighted by molar-refractivity contribution is 0.201. The minimum Gasteiger partial charge on any atom is -0.464 e. The summed E-state index contributed by atoms with van der Waals surface area (Å²) in [6.45, 7) is 1.62. The number of aromatic nitrogens is 1. The Hall–Kier alpha value is -1.67. The molecule has 1 unspecified atom stereocenters. The van der Waals surface area contributed by atoms with Crippen molar-refractivity contribution in [2.75, 3.05) is 0 Å². The molecule has 0 aromatic carbocycles. The first kappa shape index (κ1) is 13.4. The van der Waals surface area contributed by atoms with E-state index >= 15 is 0 Å². The van der Waals surface area contributed by atoms with E-state index in [0.717, 1.165) is 5.69 Å². The van der Waals surface area contributed by atoms with Crippen LogP contribution in [0.3, 0.4) is 0 Å². The Balaban J connectivity index is 2.55. The van der Waals surface area contributed by atoms with Crippen LogP contribution in [0.4, 0.5) is 4.79 Å². The summed E-state index contributed by atoms with van der Waals surface area (Å²) in [5.74, 6) is 0. The van der Waals surface area contributed by atoms with Gasteiger partial charge in [0.15, 0.2) is 0 Å². The van der Waals surface area contributed by atoms with Crippen LogP contribution in [0.2, 0.25) is 0 Å². The van der Waals surface area contributed by atoms with E-state index in [2.05, 4.69) is 9.71 Å². The minimum atomic E-state index is -4.03. The molecule has 1 aromatic heterocycles. The van der Waals surface area contributed by atoms with Crippen molar-refractivity contribution in [1.29, 1.82) is 0 Å². The number of carboxylic acid groups (broad SMARTS) is 1. The van der Waals surface area contributed by atoms with Gasteiger partial charge in [-0.15, -0.1) is 0 Å². The van der Waals surface area contributed by atoms with Gasteiger partial charge in [0, 0.05) is 24.4 Å². The van der Waals surface area contributed by atoms with Crippen molar-refractivity contribution >= 4 is 16.3 Å². The second-order valence-corrected chi connectivity index (χ2v) is 4.90. The smallest absolute Gasteiger partial charge is 0.419 e. The second kappa shape index (κ2) is 5.60. The number of hydrogen-bond acceptors (Lipinski definition) is 4. The van der Waals surface area contributed by atoms with E-state index in [1.54, 1.807) is 31.3 Å². The van der Waals surface area contributed by atoms with Crippen LogP contribution in [0.15, 0.2) is 24.4 Å². The Labute approximate surface area is 99.1 Å². The van der Waals surface area contributed by atoms with Gasteiger partial charge in [0.05, 0.1) is 0 Å². The Morgan fingerprint density at radius 1 is 1.53 bits per heavy atom. The van der Waals surface area contributed by atoms with E-state index in [1.807, 2.05) is 0 Å². The highest BCUT2D eigenvalue weighted by Crippen LogP contribution is 1.99. The highest BCUT2D eigenvalue weighted by atomic mass is 32.2. The van der Waals surface area contributed by atoms with Gasteiger partial charge in [-0.25, -0.2) is 9.52 Å². The summed E-state index contributed by atoms with van der Waals surface area (Å²) in [6, 6.07) is 4.85. The molecule has 7 nitrogen and oxygen atoms in total. The molecule has 0 aliphatic carbocycles. The quantitative estimate of drug-likeness (QED) is 0.695. The summed E-state index contributed by atoms with van der Waals surface area (Å²) in [7, 11) is -4.03. The largest absolute Gasteiger partial charge is 0.464 e. The first-order valence-corrected chi connectivity index (χ1v) is 6.30. The van der Waals surface area contributed by atoms with Crippen LogP contribution in [0.5, 0.6) is 0 Å². The third-order valence-corrected chi connectivity index (χ3v) is 2.98. The topological polar surface area (TPSA) is 108 Å². The molecule has 1 rings (SSSR count). The molecule has 1 aromatic rings. The van der Waals surface area contributed by atoms with Gasteiger partial charge in [-0.3, -0.25) is 4.98 Å². The summed E-state index contributed by atoms with van der Waals surface area (Å²) in [5, 5.41) is 8.31. The predicted octanol–water partition coefficient (Wildman–Crippen LogP) is 0.115. The van der Waals surface area contributed by atoms with Crippen LogP contribution in [0.1, 0.15) is 12.6 Å². The summed E-state index contributed by atoms with van der Waals surface area (Å²) < 4.78 is 26.0. The lowest BCUT2D eigenvalue weighted by Gasteiger charge is -2.12. The van der Waals surface area contributed by atoms with Gasteiger partial charge in [0.25, 0.3) is 0 Å². The average molecular weight is 259 g/mol. The molecule has 0 aliphatic rings. The third-order valence-electron chi connectivity index (χ3n) is 1.82. The Morgan fingerprint density at radius 2 is 2.24 bits per heavy atom. The van der Waals surface area contributed by atoms with Gasteiger partial charge in [-0.1, -0.05) is 6.07 Å². The number of rotatable bonds is 5. The molecular formula is C9H13N3O4S. The molecule has 1 atom stereocenters. The van der Waals surface area contributed by atoms with Gasteiger partial charge in [-0.2, -0.15) is 13.1 Å². The molecule has 3 N–H and O–H groups in total. The molecule has 0 aliphatic heterocycles. The minimum absolute atomic E-state index is 0.376. The zero-order valence-electron chi connectivity index (χ0n) is 9.12.